The second kappa shape index (κ2) is 3.74. The molecule has 76 valence electrons. The van der Waals surface area contributed by atoms with Crippen LogP contribution in [-0.4, -0.2) is 32.2 Å². The Balaban J connectivity index is 2.39. The van der Waals surface area contributed by atoms with E-state index in [2.05, 4.69) is 22.2 Å². The molecule has 4 nitrogen and oxygen atoms in total. The van der Waals surface area contributed by atoms with E-state index in [1.165, 1.54) is 0 Å². The molecule has 0 spiro atoms. The van der Waals surface area contributed by atoms with Crippen molar-refractivity contribution in [2.75, 3.05) is 37.5 Å². The summed E-state index contributed by atoms with van der Waals surface area (Å²) >= 11 is 0. The molecule has 4 heteroatoms. The molecule has 0 unspecified atom stereocenters. The first-order valence-electron chi connectivity index (χ1n) is 4.81. The van der Waals surface area contributed by atoms with E-state index in [-0.39, 0.29) is 0 Å². The van der Waals surface area contributed by atoms with Crippen LogP contribution in [0.25, 0.3) is 0 Å². The van der Waals surface area contributed by atoms with Gasteiger partial charge in [0.15, 0.2) is 5.82 Å². The summed E-state index contributed by atoms with van der Waals surface area (Å²) in [6.07, 6.45) is 1.13. The van der Waals surface area contributed by atoms with Gasteiger partial charge in [0.25, 0.3) is 0 Å². The van der Waals surface area contributed by atoms with E-state index in [4.69, 9.17) is 4.74 Å². The molecule has 2 heterocycles. The van der Waals surface area contributed by atoms with Crippen LogP contribution < -0.4 is 15.0 Å². The molecule has 0 atom stereocenters. The Morgan fingerprint density at radius 2 is 2.36 bits per heavy atom. The largest absolute Gasteiger partial charge is 0.481 e. The van der Waals surface area contributed by atoms with Crippen molar-refractivity contribution in [1.82, 2.24) is 4.98 Å². The molecule has 1 aromatic heterocycles. The minimum atomic E-state index is 0.666. The number of hydrogen-bond donors (Lipinski definition) is 1. The van der Waals surface area contributed by atoms with Crippen LogP contribution in [0.5, 0.6) is 5.88 Å². The molecule has 0 fully saturated rings. The Morgan fingerprint density at radius 1 is 1.50 bits per heavy atom. The van der Waals surface area contributed by atoms with Gasteiger partial charge >= 0.3 is 0 Å². The number of nitrogens with zero attached hydrogens (tertiary/aromatic N) is 2. The lowest BCUT2D eigenvalue weighted by atomic mass is 10.3. The van der Waals surface area contributed by atoms with Crippen LogP contribution in [0.3, 0.4) is 0 Å². The smallest absolute Gasteiger partial charge is 0.215 e. The Labute approximate surface area is 83.9 Å². The van der Waals surface area contributed by atoms with Gasteiger partial charge in [0.2, 0.25) is 5.88 Å². The Bertz CT molecular complexity index is 327. The first kappa shape index (κ1) is 9.12. The SMILES string of the molecule is COc1ccc2c(n1)N(C)CCCN2. The van der Waals surface area contributed by atoms with E-state index < -0.39 is 0 Å². The molecule has 1 aliphatic heterocycles. The number of pyridine rings is 1. The quantitative estimate of drug-likeness (QED) is 0.730. The normalized spacial score (nSPS) is 15.4. The van der Waals surface area contributed by atoms with Crippen molar-refractivity contribution < 1.29 is 4.74 Å². The summed E-state index contributed by atoms with van der Waals surface area (Å²) in [7, 11) is 3.69. The second-order valence-corrected chi connectivity index (χ2v) is 3.43. The van der Waals surface area contributed by atoms with Crippen molar-refractivity contribution in [1.29, 1.82) is 0 Å². The zero-order valence-corrected chi connectivity index (χ0v) is 8.58. The van der Waals surface area contributed by atoms with Crippen LogP contribution in [0.15, 0.2) is 12.1 Å². The number of rotatable bonds is 1. The molecule has 2 rings (SSSR count). The zero-order chi connectivity index (χ0) is 9.97. The van der Waals surface area contributed by atoms with E-state index in [0.29, 0.717) is 5.88 Å². The fraction of sp³-hybridized carbons (Fsp3) is 0.500. The molecule has 0 saturated heterocycles. The molecule has 0 radical (unpaired) electrons. The van der Waals surface area contributed by atoms with Gasteiger partial charge in [-0.25, -0.2) is 0 Å². The number of anilines is 2. The maximum atomic E-state index is 5.10. The predicted octanol–water partition coefficient (Wildman–Crippen LogP) is 1.34. The fourth-order valence-electron chi connectivity index (χ4n) is 1.62. The molecule has 0 saturated carbocycles. The fourth-order valence-corrected chi connectivity index (χ4v) is 1.62. The lowest BCUT2D eigenvalue weighted by molar-refractivity contribution is 0.398. The number of fused-ring (bicyclic) bond motifs is 1. The highest BCUT2D eigenvalue weighted by atomic mass is 16.5. The number of aromatic nitrogens is 1. The molecule has 0 aromatic carbocycles. The van der Waals surface area contributed by atoms with Gasteiger partial charge in [0.05, 0.1) is 12.8 Å². The van der Waals surface area contributed by atoms with Crippen LogP contribution in [0, 0.1) is 0 Å². The van der Waals surface area contributed by atoms with Gasteiger partial charge in [-0.1, -0.05) is 0 Å². The standard InChI is InChI=1S/C10H15N3O/c1-13-7-3-6-11-8-4-5-9(14-2)12-10(8)13/h4-5,11H,3,6-7H2,1-2H3. The molecule has 1 N–H and O–H groups in total. The van der Waals surface area contributed by atoms with Crippen molar-refractivity contribution in [3.05, 3.63) is 12.1 Å². The van der Waals surface area contributed by atoms with E-state index in [1.54, 1.807) is 7.11 Å². The van der Waals surface area contributed by atoms with Crippen LogP contribution in [-0.2, 0) is 0 Å². The average Bonchev–Trinajstić information content (AvgIpc) is 2.40. The molecule has 0 amide bonds. The third kappa shape index (κ3) is 1.60. The van der Waals surface area contributed by atoms with Gasteiger partial charge in [0.1, 0.15) is 0 Å². The van der Waals surface area contributed by atoms with Crippen molar-refractivity contribution in [2.24, 2.45) is 0 Å². The van der Waals surface area contributed by atoms with Gasteiger partial charge < -0.3 is 15.0 Å². The second-order valence-electron chi connectivity index (χ2n) is 3.43. The molecular weight excluding hydrogens is 178 g/mol. The maximum Gasteiger partial charge on any atom is 0.215 e. The summed E-state index contributed by atoms with van der Waals surface area (Å²) in [5.41, 5.74) is 1.09. The lowest BCUT2D eigenvalue weighted by Gasteiger charge is -2.17. The molecule has 0 aliphatic carbocycles. The molecule has 1 aromatic rings. The molecular formula is C10H15N3O. The molecule has 1 aliphatic rings. The zero-order valence-electron chi connectivity index (χ0n) is 8.58. The minimum absolute atomic E-state index is 0.666. The maximum absolute atomic E-state index is 5.10. The van der Waals surface area contributed by atoms with E-state index in [0.717, 1.165) is 31.0 Å². The lowest BCUT2D eigenvalue weighted by Crippen LogP contribution is -2.18. The van der Waals surface area contributed by atoms with E-state index in [9.17, 15) is 0 Å². The van der Waals surface area contributed by atoms with Crippen LogP contribution in [0.1, 0.15) is 6.42 Å². The average molecular weight is 193 g/mol. The third-order valence-electron chi connectivity index (χ3n) is 2.41. The van der Waals surface area contributed by atoms with E-state index >= 15 is 0 Å². The highest BCUT2D eigenvalue weighted by Gasteiger charge is 2.13. The summed E-state index contributed by atoms with van der Waals surface area (Å²) in [6.45, 7) is 2.03. The monoisotopic (exact) mass is 193 g/mol. The van der Waals surface area contributed by atoms with Crippen LogP contribution >= 0.6 is 0 Å². The van der Waals surface area contributed by atoms with Gasteiger partial charge in [-0.3, -0.25) is 0 Å². The summed E-state index contributed by atoms with van der Waals surface area (Å²) in [4.78, 5) is 6.56. The van der Waals surface area contributed by atoms with Crippen molar-refractivity contribution in [3.8, 4) is 5.88 Å². The van der Waals surface area contributed by atoms with Gasteiger partial charge in [-0.05, 0) is 12.5 Å². The van der Waals surface area contributed by atoms with Crippen molar-refractivity contribution in [3.63, 3.8) is 0 Å². The number of nitrogens with one attached hydrogen (secondary N) is 1. The number of methoxy groups -OCH3 is 1. The summed E-state index contributed by atoms with van der Waals surface area (Å²) in [5, 5.41) is 3.35. The van der Waals surface area contributed by atoms with Crippen LogP contribution in [0.2, 0.25) is 0 Å². The van der Waals surface area contributed by atoms with Gasteiger partial charge in [-0.15, -0.1) is 0 Å². The van der Waals surface area contributed by atoms with Crippen molar-refractivity contribution in [2.45, 2.75) is 6.42 Å². The van der Waals surface area contributed by atoms with Crippen LogP contribution in [0.4, 0.5) is 11.5 Å². The first-order chi connectivity index (χ1) is 6.81. The Hall–Kier alpha value is -1.45. The molecule has 0 bridgehead atoms. The van der Waals surface area contributed by atoms with E-state index in [1.807, 2.05) is 12.1 Å². The topological polar surface area (TPSA) is 37.4 Å². The highest BCUT2D eigenvalue weighted by molar-refractivity contribution is 5.67. The van der Waals surface area contributed by atoms with Gasteiger partial charge in [-0.2, -0.15) is 4.98 Å². The summed E-state index contributed by atoms with van der Waals surface area (Å²) in [5.74, 6) is 1.64. The molecule has 14 heavy (non-hydrogen) atoms. The third-order valence-corrected chi connectivity index (χ3v) is 2.41. The van der Waals surface area contributed by atoms with Crippen molar-refractivity contribution >= 4 is 11.5 Å². The first-order valence-corrected chi connectivity index (χ1v) is 4.81. The summed E-state index contributed by atoms with van der Waals surface area (Å²) in [6, 6.07) is 3.90. The van der Waals surface area contributed by atoms with Gasteiger partial charge in [0, 0.05) is 26.2 Å². The Kier molecular flexibility index (Phi) is 2.43. The summed E-state index contributed by atoms with van der Waals surface area (Å²) < 4.78 is 5.10. The minimum Gasteiger partial charge on any atom is -0.481 e. The number of ether oxygens (including phenoxy) is 1. The highest BCUT2D eigenvalue weighted by Crippen LogP contribution is 2.27. The number of hydrogen-bond acceptors (Lipinski definition) is 4. The Morgan fingerprint density at radius 3 is 3.14 bits per heavy atom. The predicted molar refractivity (Wildman–Crippen MR) is 57.2 cm³/mol.